The van der Waals surface area contributed by atoms with Gasteiger partial charge >= 0.3 is 5.97 Å². The number of hydrogen-bond donors (Lipinski definition) is 2. The fourth-order valence-electron chi connectivity index (χ4n) is 1.12. The Morgan fingerprint density at radius 2 is 2.13 bits per heavy atom. The summed E-state index contributed by atoms with van der Waals surface area (Å²) < 4.78 is 0. The molecule has 0 fully saturated rings. The van der Waals surface area contributed by atoms with Crippen LogP contribution in [0.15, 0.2) is 5.38 Å². The SMILES string of the molecule is Cc1scc(C(=O)NCCC(=O)O)c1C. The second-order valence-corrected chi connectivity index (χ2v) is 4.31. The number of carboxylic acids is 1. The molecule has 0 aromatic carbocycles. The molecule has 0 unspecified atom stereocenters. The monoisotopic (exact) mass is 227 g/mol. The lowest BCUT2D eigenvalue weighted by atomic mass is 10.1. The summed E-state index contributed by atoms with van der Waals surface area (Å²) in [6.07, 6.45) is -0.0477. The second-order valence-electron chi connectivity index (χ2n) is 3.23. The molecule has 0 saturated carbocycles. The third-order valence-corrected chi connectivity index (χ3v) is 3.17. The smallest absolute Gasteiger partial charge is 0.305 e. The lowest BCUT2D eigenvalue weighted by Crippen LogP contribution is -2.26. The quantitative estimate of drug-likeness (QED) is 0.820. The van der Waals surface area contributed by atoms with Crippen LogP contribution >= 0.6 is 11.3 Å². The van der Waals surface area contributed by atoms with Crippen molar-refractivity contribution >= 4 is 23.2 Å². The summed E-state index contributed by atoms with van der Waals surface area (Å²) in [5.74, 6) is -1.10. The molecule has 0 radical (unpaired) electrons. The van der Waals surface area contributed by atoms with Crippen molar-refractivity contribution in [1.82, 2.24) is 5.32 Å². The molecular formula is C10H13NO3S. The molecule has 82 valence electrons. The third-order valence-electron chi connectivity index (χ3n) is 2.15. The Kier molecular flexibility index (Phi) is 3.85. The van der Waals surface area contributed by atoms with Crippen LogP contribution < -0.4 is 5.32 Å². The van der Waals surface area contributed by atoms with E-state index in [0.29, 0.717) is 5.56 Å². The predicted octanol–water partition coefficient (Wildman–Crippen LogP) is 1.57. The van der Waals surface area contributed by atoms with Crippen LogP contribution in [0.4, 0.5) is 0 Å². The summed E-state index contributed by atoms with van der Waals surface area (Å²) in [5, 5.41) is 12.8. The fraction of sp³-hybridized carbons (Fsp3) is 0.400. The molecule has 0 aliphatic carbocycles. The maximum Gasteiger partial charge on any atom is 0.305 e. The summed E-state index contributed by atoms with van der Waals surface area (Å²) in [5.41, 5.74) is 1.61. The Morgan fingerprint density at radius 1 is 1.47 bits per heavy atom. The Morgan fingerprint density at radius 3 is 2.60 bits per heavy atom. The molecule has 0 spiro atoms. The highest BCUT2D eigenvalue weighted by atomic mass is 32.1. The number of nitrogens with one attached hydrogen (secondary N) is 1. The highest BCUT2D eigenvalue weighted by Gasteiger charge is 2.11. The molecule has 5 heteroatoms. The van der Waals surface area contributed by atoms with Gasteiger partial charge < -0.3 is 10.4 Å². The van der Waals surface area contributed by atoms with Crippen LogP contribution in [-0.2, 0) is 4.79 Å². The minimum absolute atomic E-state index is 0.0477. The number of carbonyl (C=O) groups excluding carboxylic acids is 1. The van der Waals surface area contributed by atoms with Gasteiger partial charge in [0, 0.05) is 16.8 Å². The molecule has 0 aliphatic heterocycles. The zero-order chi connectivity index (χ0) is 11.4. The molecule has 0 aliphatic rings. The van der Waals surface area contributed by atoms with Crippen LogP contribution in [0.5, 0.6) is 0 Å². The van der Waals surface area contributed by atoms with Crippen LogP contribution in [0.3, 0.4) is 0 Å². The zero-order valence-electron chi connectivity index (χ0n) is 8.66. The van der Waals surface area contributed by atoms with Gasteiger partial charge in [-0.2, -0.15) is 0 Å². The average molecular weight is 227 g/mol. The average Bonchev–Trinajstić information content (AvgIpc) is 2.47. The molecule has 4 nitrogen and oxygen atoms in total. The maximum absolute atomic E-state index is 11.6. The summed E-state index contributed by atoms with van der Waals surface area (Å²) in [4.78, 5) is 22.9. The highest BCUT2D eigenvalue weighted by molar-refractivity contribution is 7.10. The molecule has 1 amide bonds. The van der Waals surface area contributed by atoms with Crippen LogP contribution in [0.25, 0.3) is 0 Å². The largest absolute Gasteiger partial charge is 0.481 e. The van der Waals surface area contributed by atoms with Gasteiger partial charge in [-0.05, 0) is 19.4 Å². The first-order chi connectivity index (χ1) is 7.02. The van der Waals surface area contributed by atoms with E-state index in [-0.39, 0.29) is 18.9 Å². The number of aryl methyl sites for hydroxylation is 1. The molecule has 0 saturated heterocycles. The van der Waals surface area contributed by atoms with Gasteiger partial charge in [0.2, 0.25) is 0 Å². The van der Waals surface area contributed by atoms with Crippen molar-refractivity contribution in [1.29, 1.82) is 0 Å². The first-order valence-electron chi connectivity index (χ1n) is 4.57. The lowest BCUT2D eigenvalue weighted by Gasteiger charge is -2.02. The third kappa shape index (κ3) is 3.06. The second kappa shape index (κ2) is 4.93. The lowest BCUT2D eigenvalue weighted by molar-refractivity contribution is -0.136. The Bertz CT molecular complexity index is 384. The van der Waals surface area contributed by atoms with Gasteiger partial charge in [0.1, 0.15) is 0 Å². The van der Waals surface area contributed by atoms with Crippen LogP contribution in [0.2, 0.25) is 0 Å². The molecule has 0 bridgehead atoms. The Balaban J connectivity index is 2.54. The van der Waals surface area contributed by atoms with Crippen LogP contribution in [-0.4, -0.2) is 23.5 Å². The van der Waals surface area contributed by atoms with E-state index in [0.717, 1.165) is 10.4 Å². The van der Waals surface area contributed by atoms with E-state index in [1.807, 2.05) is 13.8 Å². The summed E-state index contributed by atoms with van der Waals surface area (Å²) >= 11 is 1.52. The molecule has 2 N–H and O–H groups in total. The van der Waals surface area contributed by atoms with Crippen molar-refractivity contribution in [2.45, 2.75) is 20.3 Å². The molecule has 1 aromatic heterocycles. The van der Waals surface area contributed by atoms with Gasteiger partial charge in [-0.1, -0.05) is 0 Å². The van der Waals surface area contributed by atoms with Gasteiger partial charge in [-0.25, -0.2) is 0 Å². The van der Waals surface area contributed by atoms with Gasteiger partial charge in [-0.3, -0.25) is 9.59 Å². The minimum Gasteiger partial charge on any atom is -0.481 e. The Labute approximate surface area is 91.9 Å². The predicted molar refractivity (Wildman–Crippen MR) is 58.4 cm³/mol. The van der Waals surface area contributed by atoms with Gasteiger partial charge in [0.15, 0.2) is 0 Å². The van der Waals surface area contributed by atoms with E-state index in [1.54, 1.807) is 5.38 Å². The van der Waals surface area contributed by atoms with E-state index in [1.165, 1.54) is 11.3 Å². The van der Waals surface area contributed by atoms with Gasteiger partial charge in [-0.15, -0.1) is 11.3 Å². The fourth-order valence-corrected chi connectivity index (χ4v) is 1.98. The molecule has 0 atom stereocenters. The normalized spacial score (nSPS) is 10.0. The number of thiophene rings is 1. The van der Waals surface area contributed by atoms with Crippen LogP contribution in [0.1, 0.15) is 27.2 Å². The van der Waals surface area contributed by atoms with E-state index < -0.39 is 5.97 Å². The van der Waals surface area contributed by atoms with Crippen molar-refractivity contribution < 1.29 is 14.7 Å². The molecule has 1 rings (SSSR count). The number of hydrogen-bond acceptors (Lipinski definition) is 3. The number of aliphatic carboxylic acids is 1. The topological polar surface area (TPSA) is 66.4 Å². The van der Waals surface area contributed by atoms with Gasteiger partial charge in [0.05, 0.1) is 12.0 Å². The van der Waals surface area contributed by atoms with Crippen molar-refractivity contribution in [2.75, 3.05) is 6.54 Å². The van der Waals surface area contributed by atoms with E-state index in [2.05, 4.69) is 5.32 Å². The van der Waals surface area contributed by atoms with E-state index in [9.17, 15) is 9.59 Å². The first kappa shape index (κ1) is 11.7. The number of amides is 1. The summed E-state index contributed by atoms with van der Waals surface area (Å²) in [6, 6.07) is 0. The Hall–Kier alpha value is -1.36. The number of carboxylic acid groups (broad SMARTS) is 1. The first-order valence-corrected chi connectivity index (χ1v) is 5.45. The van der Waals surface area contributed by atoms with Crippen LogP contribution in [0, 0.1) is 13.8 Å². The summed E-state index contributed by atoms with van der Waals surface area (Å²) in [7, 11) is 0. The molecule has 1 heterocycles. The summed E-state index contributed by atoms with van der Waals surface area (Å²) in [6.45, 7) is 4.01. The number of rotatable bonds is 4. The van der Waals surface area contributed by atoms with Gasteiger partial charge in [0.25, 0.3) is 5.91 Å². The van der Waals surface area contributed by atoms with Crippen molar-refractivity contribution in [3.8, 4) is 0 Å². The molecule has 15 heavy (non-hydrogen) atoms. The zero-order valence-corrected chi connectivity index (χ0v) is 9.48. The highest BCUT2D eigenvalue weighted by Crippen LogP contribution is 2.20. The number of carbonyl (C=O) groups is 2. The maximum atomic E-state index is 11.6. The minimum atomic E-state index is -0.909. The molecule has 1 aromatic rings. The van der Waals surface area contributed by atoms with E-state index >= 15 is 0 Å². The standard InChI is InChI=1S/C10H13NO3S/c1-6-7(2)15-5-8(6)10(14)11-4-3-9(12)13/h5H,3-4H2,1-2H3,(H,11,14)(H,12,13). The molecular weight excluding hydrogens is 214 g/mol. The van der Waals surface area contributed by atoms with Crippen molar-refractivity contribution in [3.05, 3.63) is 21.4 Å². The van der Waals surface area contributed by atoms with Crippen molar-refractivity contribution in [3.63, 3.8) is 0 Å². The van der Waals surface area contributed by atoms with Crippen molar-refractivity contribution in [2.24, 2.45) is 0 Å². The van der Waals surface area contributed by atoms with E-state index in [4.69, 9.17) is 5.11 Å².